The number of rotatable bonds is 5. The highest BCUT2D eigenvalue weighted by Gasteiger charge is 2.48. The van der Waals surface area contributed by atoms with Crippen molar-refractivity contribution in [1.29, 1.82) is 0 Å². The van der Waals surface area contributed by atoms with Crippen molar-refractivity contribution in [3.05, 3.63) is 71.9 Å². The quantitative estimate of drug-likeness (QED) is 0.505. The minimum Gasteiger partial charge on any atom is -0.351 e. The molecule has 184 valence electrons. The summed E-state index contributed by atoms with van der Waals surface area (Å²) in [4.78, 5) is 29.8. The molecule has 5 nitrogen and oxygen atoms in total. The van der Waals surface area contributed by atoms with Crippen LogP contribution >= 0.6 is 0 Å². The van der Waals surface area contributed by atoms with Gasteiger partial charge in [-0.25, -0.2) is 0 Å². The molecule has 35 heavy (non-hydrogen) atoms. The number of hydrogen-bond acceptors (Lipinski definition) is 2. The van der Waals surface area contributed by atoms with Crippen LogP contribution < -0.4 is 5.32 Å². The maximum absolute atomic E-state index is 14.0. The van der Waals surface area contributed by atoms with E-state index in [0.717, 1.165) is 36.6 Å². The Bertz CT molecular complexity index is 1190. The molecule has 2 aromatic carbocycles. The molecule has 0 spiro atoms. The average molecular weight is 472 g/mol. The number of nitrogens with zero attached hydrogens (tertiary/aromatic N) is 2. The second-order valence-corrected chi connectivity index (χ2v) is 10.7. The van der Waals surface area contributed by atoms with E-state index in [0.29, 0.717) is 18.8 Å². The lowest BCUT2D eigenvalue weighted by Gasteiger charge is -2.45. The highest BCUT2D eigenvalue weighted by Crippen LogP contribution is 2.34. The highest BCUT2D eigenvalue weighted by molar-refractivity contribution is 6.03. The monoisotopic (exact) mass is 471 g/mol. The molecule has 2 heterocycles. The molecule has 1 N–H and O–H groups in total. The zero-order valence-electron chi connectivity index (χ0n) is 21.0. The Morgan fingerprint density at radius 1 is 1.00 bits per heavy atom. The standard InChI is InChI=1S/C30H37N3O2/c1-22(23-13-7-6-8-14-23)20-33-28(34)27-19-24-15-11-12-18-26(24)32(27)21-30(33,2)29(35)31-25-16-9-4-3-5-10-17-25/h6-8,11-15,18-19,22,25H,3-5,9-10,16-17,20-21H2,1-2H3,(H,31,35). The van der Waals surface area contributed by atoms with Crippen LogP contribution in [-0.2, 0) is 11.3 Å². The van der Waals surface area contributed by atoms with Crippen LogP contribution in [0.3, 0.4) is 0 Å². The van der Waals surface area contributed by atoms with Gasteiger partial charge in [-0.1, -0.05) is 87.6 Å². The van der Waals surface area contributed by atoms with Gasteiger partial charge in [0, 0.05) is 23.5 Å². The first-order valence-corrected chi connectivity index (χ1v) is 13.2. The maximum atomic E-state index is 14.0. The van der Waals surface area contributed by atoms with Crippen LogP contribution in [0.1, 0.15) is 80.8 Å². The fraction of sp³-hybridized carbons (Fsp3) is 0.467. The number of para-hydroxylation sites is 1. The molecule has 2 aliphatic rings. The van der Waals surface area contributed by atoms with E-state index in [-0.39, 0.29) is 23.8 Å². The maximum Gasteiger partial charge on any atom is 0.271 e. The van der Waals surface area contributed by atoms with Crippen LogP contribution in [-0.4, -0.2) is 39.4 Å². The number of amides is 2. The Kier molecular flexibility index (Phi) is 6.68. The Hall–Kier alpha value is -3.08. The van der Waals surface area contributed by atoms with Gasteiger partial charge in [0.2, 0.25) is 5.91 Å². The molecule has 1 aliphatic carbocycles. The van der Waals surface area contributed by atoms with Gasteiger partial charge < -0.3 is 14.8 Å². The number of carbonyl (C=O) groups is 2. The highest BCUT2D eigenvalue weighted by atomic mass is 16.2. The Balaban J connectivity index is 1.49. The van der Waals surface area contributed by atoms with Crippen LogP contribution in [0.2, 0.25) is 0 Å². The van der Waals surface area contributed by atoms with Crippen LogP contribution in [0, 0.1) is 0 Å². The van der Waals surface area contributed by atoms with E-state index in [9.17, 15) is 9.59 Å². The van der Waals surface area contributed by atoms with E-state index < -0.39 is 5.54 Å². The first-order valence-electron chi connectivity index (χ1n) is 13.2. The molecule has 0 bridgehead atoms. The molecule has 3 aromatic rings. The topological polar surface area (TPSA) is 54.3 Å². The lowest BCUT2D eigenvalue weighted by atomic mass is 9.90. The van der Waals surface area contributed by atoms with Gasteiger partial charge >= 0.3 is 0 Å². The number of carbonyl (C=O) groups excluding carboxylic acids is 2. The van der Waals surface area contributed by atoms with E-state index in [1.54, 1.807) is 0 Å². The van der Waals surface area contributed by atoms with Crippen LogP contribution in [0.4, 0.5) is 0 Å². The molecule has 5 heteroatoms. The van der Waals surface area contributed by atoms with Crippen LogP contribution in [0.25, 0.3) is 10.9 Å². The minimum absolute atomic E-state index is 0.0277. The van der Waals surface area contributed by atoms with Crippen molar-refractivity contribution in [2.24, 2.45) is 0 Å². The molecule has 5 rings (SSSR count). The van der Waals surface area contributed by atoms with E-state index in [1.165, 1.54) is 24.8 Å². The SMILES string of the molecule is CC(CN1C(=O)c2cc3ccccc3n2CC1(C)C(=O)NC1CCCCCCC1)c1ccccc1. The van der Waals surface area contributed by atoms with Gasteiger partial charge in [-0.15, -0.1) is 0 Å². The van der Waals surface area contributed by atoms with Gasteiger partial charge in [0.25, 0.3) is 5.91 Å². The Morgan fingerprint density at radius 2 is 1.66 bits per heavy atom. The van der Waals surface area contributed by atoms with Crippen molar-refractivity contribution in [2.75, 3.05) is 6.54 Å². The van der Waals surface area contributed by atoms with Crippen LogP contribution in [0.15, 0.2) is 60.7 Å². The molecular weight excluding hydrogens is 434 g/mol. The summed E-state index contributed by atoms with van der Waals surface area (Å²) in [6.07, 6.45) is 8.12. The number of hydrogen-bond donors (Lipinski definition) is 1. The largest absolute Gasteiger partial charge is 0.351 e. The summed E-state index contributed by atoms with van der Waals surface area (Å²) in [5.41, 5.74) is 1.89. The van der Waals surface area contributed by atoms with Gasteiger partial charge in [0.05, 0.1) is 6.54 Å². The second-order valence-electron chi connectivity index (χ2n) is 10.7. The average Bonchev–Trinajstić information content (AvgIpc) is 3.22. The van der Waals surface area contributed by atoms with Gasteiger partial charge in [-0.05, 0) is 43.4 Å². The van der Waals surface area contributed by atoms with Crippen molar-refractivity contribution in [3.8, 4) is 0 Å². The van der Waals surface area contributed by atoms with Crippen molar-refractivity contribution < 1.29 is 9.59 Å². The molecule has 1 aromatic heterocycles. The number of fused-ring (bicyclic) bond motifs is 3. The van der Waals surface area contributed by atoms with Crippen molar-refractivity contribution in [1.82, 2.24) is 14.8 Å². The summed E-state index contributed by atoms with van der Waals surface area (Å²) < 4.78 is 2.05. The van der Waals surface area contributed by atoms with Gasteiger partial charge in [-0.3, -0.25) is 9.59 Å². The summed E-state index contributed by atoms with van der Waals surface area (Å²) in [6.45, 7) is 5.05. The lowest BCUT2D eigenvalue weighted by molar-refractivity contribution is -0.133. The van der Waals surface area contributed by atoms with Gasteiger partial charge in [0.15, 0.2) is 0 Å². The fourth-order valence-corrected chi connectivity index (χ4v) is 5.89. The summed E-state index contributed by atoms with van der Waals surface area (Å²) in [6, 6.07) is 20.5. The van der Waals surface area contributed by atoms with Crippen LogP contribution in [0.5, 0.6) is 0 Å². The van der Waals surface area contributed by atoms with E-state index >= 15 is 0 Å². The zero-order chi connectivity index (χ0) is 24.4. The van der Waals surface area contributed by atoms with Crippen molar-refractivity contribution in [3.63, 3.8) is 0 Å². The summed E-state index contributed by atoms with van der Waals surface area (Å²) in [7, 11) is 0. The molecular formula is C30H37N3O2. The number of nitrogens with one attached hydrogen (secondary N) is 1. The first kappa shape index (κ1) is 23.7. The van der Waals surface area contributed by atoms with Gasteiger partial charge in [0.1, 0.15) is 11.2 Å². The van der Waals surface area contributed by atoms with Crippen molar-refractivity contribution in [2.45, 2.75) is 82.8 Å². The predicted molar refractivity (Wildman–Crippen MR) is 140 cm³/mol. The third-order valence-corrected chi connectivity index (χ3v) is 8.09. The molecule has 2 amide bonds. The predicted octanol–water partition coefficient (Wildman–Crippen LogP) is 5.89. The Labute approximate surface area is 208 Å². The van der Waals surface area contributed by atoms with E-state index in [1.807, 2.05) is 60.4 Å². The number of benzene rings is 2. The minimum atomic E-state index is -0.961. The Morgan fingerprint density at radius 3 is 2.40 bits per heavy atom. The van der Waals surface area contributed by atoms with E-state index in [4.69, 9.17) is 0 Å². The van der Waals surface area contributed by atoms with E-state index in [2.05, 4.69) is 28.9 Å². The summed E-state index contributed by atoms with van der Waals surface area (Å²) in [5.74, 6) is 0.0234. The smallest absolute Gasteiger partial charge is 0.271 e. The molecule has 1 fully saturated rings. The van der Waals surface area contributed by atoms with Crippen molar-refractivity contribution >= 4 is 22.7 Å². The second kappa shape index (κ2) is 9.88. The molecule has 2 unspecified atom stereocenters. The summed E-state index contributed by atoms with van der Waals surface area (Å²) in [5, 5.41) is 4.42. The third kappa shape index (κ3) is 4.61. The normalized spacial score (nSPS) is 22.3. The lowest BCUT2D eigenvalue weighted by Crippen LogP contribution is -2.65. The molecule has 0 radical (unpaired) electrons. The summed E-state index contributed by atoms with van der Waals surface area (Å²) >= 11 is 0. The molecule has 0 saturated heterocycles. The number of aromatic nitrogens is 1. The molecule has 2 atom stereocenters. The fourth-order valence-electron chi connectivity index (χ4n) is 5.89. The first-order chi connectivity index (χ1) is 17.0. The zero-order valence-corrected chi connectivity index (χ0v) is 21.0. The third-order valence-electron chi connectivity index (χ3n) is 8.09. The molecule has 1 aliphatic heterocycles. The molecule has 1 saturated carbocycles. The van der Waals surface area contributed by atoms with Gasteiger partial charge in [-0.2, -0.15) is 0 Å².